The van der Waals surface area contributed by atoms with Gasteiger partial charge in [0.1, 0.15) is 53.4 Å². The van der Waals surface area contributed by atoms with Crippen LogP contribution in [-0.4, -0.2) is 125 Å². The molecule has 12 atom stereocenters. The monoisotopic (exact) mass is 1520 g/mol. The Bertz CT molecular complexity index is 4790. The topological polar surface area (TPSA) is 326 Å². The molecule has 570 valence electrons. The lowest BCUT2D eigenvalue weighted by Crippen LogP contribution is -2.45. The quantitative estimate of drug-likeness (QED) is 0.0293. The fourth-order valence-corrected chi connectivity index (χ4v) is 20.2. The van der Waals surface area contributed by atoms with Crippen molar-refractivity contribution < 1.29 is 44.3 Å². The molecule has 0 saturated heterocycles. The van der Waals surface area contributed by atoms with Crippen molar-refractivity contribution in [2.75, 3.05) is 35.8 Å². The zero-order valence-corrected chi connectivity index (χ0v) is 66.6. The van der Waals surface area contributed by atoms with Crippen molar-refractivity contribution in [1.29, 1.82) is 0 Å². The van der Waals surface area contributed by atoms with E-state index in [1.807, 2.05) is 12.3 Å². The van der Waals surface area contributed by atoms with Crippen LogP contribution >= 0.6 is 0 Å². The van der Waals surface area contributed by atoms with E-state index in [1.54, 1.807) is 19.0 Å². The number of rotatable bonds is 23. The molecule has 6 aromatic heterocycles. The highest BCUT2D eigenvalue weighted by Gasteiger charge is 2.47. The number of hydrogen-bond acceptors (Lipinski definition) is 19. The second kappa shape index (κ2) is 31.5. The summed E-state index contributed by atoms with van der Waals surface area (Å²) in [5.41, 5.74) is 11.0. The zero-order chi connectivity index (χ0) is 75.1. The Morgan fingerprint density at radius 3 is 1.15 bits per heavy atom. The second-order valence-electron chi connectivity index (χ2n) is 33.1. The smallest absolute Gasteiger partial charge is 0.333 e. The molecule has 0 bridgehead atoms. The van der Waals surface area contributed by atoms with Crippen LogP contribution in [0.1, 0.15) is 188 Å². The summed E-state index contributed by atoms with van der Waals surface area (Å²) in [7, 11) is -11.9. The molecular formula is C78H108N14O10S2Si2. The summed E-state index contributed by atoms with van der Waals surface area (Å²) in [6.07, 6.45) is 23.9. The lowest BCUT2D eigenvalue weighted by atomic mass is 10.0. The molecule has 0 spiro atoms. The largest absolute Gasteiger partial charge is 0.414 e. The number of fused-ring (bicyclic) bond motifs is 6. The lowest BCUT2D eigenvalue weighted by Gasteiger charge is -2.40. The van der Waals surface area contributed by atoms with Crippen molar-refractivity contribution in [2.24, 2.45) is 28.0 Å². The summed E-state index contributed by atoms with van der Waals surface area (Å²) in [6, 6.07) is 33.4. The lowest BCUT2D eigenvalue weighted by molar-refractivity contribution is 0.116. The Morgan fingerprint density at radius 2 is 0.802 bits per heavy atom. The Morgan fingerprint density at radius 1 is 0.472 bits per heavy atom. The first-order chi connectivity index (χ1) is 50.4. The molecule has 28 heteroatoms. The SMILES string of the molecule is CC(C)(C)[Si](C)(C)O[C@H]1C[C@H](n2ccc3c(N[C@H]4CCc5ccccc54)ncnc32)C[C@H]1CCO.CC(C)(C)[Si](C)(C)O[C@H]1C[C@H](n2ccc3c(N[C@H]4CCc5ccccc54)ncnc32)C[C@H]1CCOS(N)(=O)=O.NS(=O)(=O)OCC[C@@H]1C[C@@H](n2ccc3c(N[C@H]4CCc5ccccc54)ncnc32)C[C@@H]1O. The van der Waals surface area contributed by atoms with Gasteiger partial charge in [-0.2, -0.15) is 16.8 Å². The average Bonchev–Trinajstić information content (AvgIpc) is 1.62. The van der Waals surface area contributed by atoms with Gasteiger partial charge in [-0.1, -0.05) is 114 Å². The fourth-order valence-electron chi connectivity index (χ4n) is 16.7. The molecular weight excluding hydrogens is 1410 g/mol. The predicted octanol–water partition coefficient (Wildman–Crippen LogP) is 14.2. The number of nitrogens with zero attached hydrogens (tertiary/aromatic N) is 9. The van der Waals surface area contributed by atoms with Gasteiger partial charge in [0.2, 0.25) is 0 Å². The number of benzene rings is 3. The van der Waals surface area contributed by atoms with E-state index in [2.05, 4.69) is 224 Å². The predicted molar refractivity (Wildman–Crippen MR) is 420 cm³/mol. The first-order valence-corrected chi connectivity index (χ1v) is 46.6. The average molecular weight is 1520 g/mol. The third-order valence-corrected chi connectivity index (χ3v) is 34.4. The van der Waals surface area contributed by atoms with E-state index >= 15 is 0 Å². The molecule has 0 amide bonds. The third kappa shape index (κ3) is 17.3. The van der Waals surface area contributed by atoms with E-state index < -0.39 is 43.3 Å². The normalized spacial score (nSPS) is 24.6. The van der Waals surface area contributed by atoms with Crippen LogP contribution in [0.25, 0.3) is 33.1 Å². The number of nitrogens with one attached hydrogen (secondary N) is 3. The van der Waals surface area contributed by atoms with Crippen LogP contribution in [0.2, 0.25) is 36.3 Å². The zero-order valence-electron chi connectivity index (χ0n) is 62.9. The van der Waals surface area contributed by atoms with Crippen molar-refractivity contribution in [1.82, 2.24) is 43.6 Å². The van der Waals surface area contributed by atoms with E-state index in [-0.39, 0.29) is 84.2 Å². The number of nitrogens with two attached hydrogens (primary N) is 2. The van der Waals surface area contributed by atoms with E-state index in [0.717, 1.165) is 121 Å². The molecule has 9 aromatic rings. The molecule has 106 heavy (non-hydrogen) atoms. The first kappa shape index (κ1) is 77.1. The van der Waals surface area contributed by atoms with Crippen LogP contribution in [-0.2, 0) is 57.1 Å². The number of anilines is 3. The summed E-state index contributed by atoms with van der Waals surface area (Å²) >= 11 is 0. The van der Waals surface area contributed by atoms with Gasteiger partial charge < -0.3 is 48.7 Å². The highest BCUT2D eigenvalue weighted by Crippen LogP contribution is 2.49. The second-order valence-corrected chi connectivity index (χ2v) is 45.1. The van der Waals surface area contributed by atoms with Gasteiger partial charge in [0.25, 0.3) is 0 Å². The minimum Gasteiger partial charge on any atom is -0.414 e. The van der Waals surface area contributed by atoms with Gasteiger partial charge in [-0.05, 0) is 202 Å². The van der Waals surface area contributed by atoms with Gasteiger partial charge in [-0.15, -0.1) is 0 Å². The van der Waals surface area contributed by atoms with E-state index in [1.165, 1.54) is 33.4 Å². The van der Waals surface area contributed by atoms with E-state index in [9.17, 15) is 27.0 Å². The molecule has 0 aliphatic heterocycles. The van der Waals surface area contributed by atoms with Crippen LogP contribution < -0.4 is 26.2 Å². The van der Waals surface area contributed by atoms with Crippen LogP contribution in [0.3, 0.4) is 0 Å². The fraction of sp³-hybridized carbons (Fsp3) is 0.538. The number of hydrogen-bond donors (Lipinski definition) is 7. The number of aliphatic hydroxyl groups is 2. The number of aromatic nitrogens is 9. The van der Waals surface area contributed by atoms with Gasteiger partial charge in [-0.25, -0.2) is 40.2 Å². The molecule has 3 saturated carbocycles. The Hall–Kier alpha value is -7.07. The van der Waals surface area contributed by atoms with Crippen LogP contribution in [0.15, 0.2) is 129 Å². The van der Waals surface area contributed by atoms with Crippen molar-refractivity contribution in [3.8, 4) is 0 Å². The van der Waals surface area contributed by atoms with Gasteiger partial charge in [0.15, 0.2) is 16.6 Å². The molecule has 0 radical (unpaired) electrons. The minimum absolute atomic E-state index is 0.00634. The molecule has 3 aromatic carbocycles. The van der Waals surface area contributed by atoms with Gasteiger partial charge >= 0.3 is 20.6 Å². The maximum Gasteiger partial charge on any atom is 0.333 e. The highest BCUT2D eigenvalue weighted by molar-refractivity contribution is 7.84. The van der Waals surface area contributed by atoms with E-state index in [0.29, 0.717) is 37.6 Å². The standard InChI is InChI=1S/C28H41N5O4SSi.C28H40N4O2Si.C22H27N5O4S/c1-28(2,3)39(4,5)37-25-17-21(16-20(25)13-15-36-38(29,34)35)33-14-12-23-26(30-18-31-27(23)33)32-24-11-10-19-8-6-7-9-22(19)24;1-28(2,3)35(4,5)34-25-17-21(16-20(25)13-15-33)32-14-12-23-26(29-18-30-27(23)32)31-24-11-10-19-8-6-7-9-22(19)24;23-32(29,30)31-10-8-15-11-16(12-20(15)28)27-9-7-18-21(24-13-25-22(18)27)26-19-6-5-14-3-1-2-4-17(14)19/h6-9,12,14,18,20-21,24-25H,10-11,13,15-17H2,1-5H3,(H2,29,34,35)(H,30,31,32);6-9,12,14,18,20-21,24-25,33H,10-11,13,15-17H2,1-5H3,(H,29,30,31);1-4,7,9,13,15-16,19-20,28H,5-6,8,10-12H2,(H2,23,29,30)(H,24,25,26)/t2*20-,21-,24+,25+;15-,16-,19+,20+/m111/s1. The van der Waals surface area contributed by atoms with Crippen molar-refractivity contribution in [2.45, 2.75) is 229 Å². The summed E-state index contributed by atoms with van der Waals surface area (Å²) in [5.74, 6) is 3.03. The number of aliphatic hydroxyl groups excluding tert-OH is 2. The van der Waals surface area contributed by atoms with E-state index in [4.69, 9.17) is 28.3 Å². The summed E-state index contributed by atoms with van der Waals surface area (Å²) in [4.78, 5) is 27.7. The summed E-state index contributed by atoms with van der Waals surface area (Å²) < 4.78 is 74.7. The molecule has 0 unspecified atom stereocenters. The molecule has 3 fully saturated rings. The maximum atomic E-state index is 11.4. The van der Waals surface area contributed by atoms with Gasteiger partial charge in [0.05, 0.1) is 53.6 Å². The number of aryl methyl sites for hydroxylation is 3. The van der Waals surface area contributed by atoms with Gasteiger partial charge in [0, 0.05) is 55.5 Å². The minimum atomic E-state index is -3.97. The molecule has 6 heterocycles. The maximum absolute atomic E-state index is 11.4. The molecule has 15 rings (SSSR count). The van der Waals surface area contributed by atoms with Gasteiger partial charge in [-0.3, -0.25) is 8.37 Å². The summed E-state index contributed by atoms with van der Waals surface area (Å²) in [6.45, 7) is 23.0. The molecule has 6 aliphatic carbocycles. The highest BCUT2D eigenvalue weighted by atomic mass is 32.2. The van der Waals surface area contributed by atoms with Crippen molar-refractivity contribution >= 4 is 87.8 Å². The van der Waals surface area contributed by atoms with Crippen molar-refractivity contribution in [3.05, 3.63) is 162 Å². The first-order valence-electron chi connectivity index (χ1n) is 37.9. The molecule has 24 nitrogen and oxygen atoms in total. The van der Waals surface area contributed by atoms with Crippen molar-refractivity contribution in [3.63, 3.8) is 0 Å². The summed E-state index contributed by atoms with van der Waals surface area (Å²) in [5, 5.41) is 44.5. The Labute approximate surface area is 626 Å². The Balaban J connectivity index is 0.000000141. The van der Waals surface area contributed by atoms with Crippen LogP contribution in [0.4, 0.5) is 17.5 Å². The third-order valence-electron chi connectivity index (χ3n) is 24.4. The molecule has 6 aliphatic rings. The van der Waals surface area contributed by atoms with Crippen LogP contribution in [0, 0.1) is 17.8 Å². The molecule has 9 N–H and O–H groups in total. The Kier molecular flexibility index (Phi) is 22.9. The van der Waals surface area contributed by atoms with Crippen LogP contribution in [0.5, 0.6) is 0 Å².